The van der Waals surface area contributed by atoms with E-state index >= 15 is 0 Å². The van der Waals surface area contributed by atoms with Gasteiger partial charge in [0.25, 0.3) is 0 Å². The molecule has 2 aromatic heterocycles. The Morgan fingerprint density at radius 2 is 2.19 bits per heavy atom. The lowest BCUT2D eigenvalue weighted by molar-refractivity contribution is 0.885. The van der Waals surface area contributed by atoms with E-state index in [0.29, 0.717) is 5.82 Å². The highest BCUT2D eigenvalue weighted by Gasteiger charge is 2.14. The summed E-state index contributed by atoms with van der Waals surface area (Å²) in [5.41, 5.74) is 14.0. The van der Waals surface area contributed by atoms with Gasteiger partial charge in [0.05, 0.1) is 6.04 Å². The van der Waals surface area contributed by atoms with Gasteiger partial charge in [0.1, 0.15) is 5.82 Å². The number of nitrogens with two attached hydrogens (primary N) is 2. The fourth-order valence-electron chi connectivity index (χ4n) is 1.50. The van der Waals surface area contributed by atoms with Gasteiger partial charge in [0.15, 0.2) is 0 Å². The quantitative estimate of drug-likeness (QED) is 0.896. The molecule has 2 heterocycles. The molecule has 0 fully saturated rings. The topological polar surface area (TPSA) is 64.9 Å². The molecule has 2 rings (SSSR count). The molecule has 0 amide bonds. The molecule has 0 saturated heterocycles. The van der Waals surface area contributed by atoms with E-state index in [1.54, 1.807) is 17.5 Å². The third-order valence-electron chi connectivity index (χ3n) is 2.32. The summed E-state index contributed by atoms with van der Waals surface area (Å²) in [6.45, 7) is 1.98. The summed E-state index contributed by atoms with van der Waals surface area (Å²) >= 11 is 5.03. The summed E-state index contributed by atoms with van der Waals surface area (Å²) in [4.78, 5) is 5.20. The van der Waals surface area contributed by atoms with Crippen molar-refractivity contribution in [3.05, 3.63) is 44.2 Å². The predicted molar refractivity (Wildman–Crippen MR) is 71.4 cm³/mol. The zero-order valence-electron chi connectivity index (χ0n) is 8.77. The van der Waals surface area contributed by atoms with Gasteiger partial charge >= 0.3 is 0 Å². The Morgan fingerprint density at radius 1 is 1.44 bits per heavy atom. The van der Waals surface area contributed by atoms with Gasteiger partial charge in [0.2, 0.25) is 0 Å². The first-order valence-corrected chi connectivity index (χ1v) is 6.46. The number of halogens is 1. The molecule has 0 aromatic carbocycles. The van der Waals surface area contributed by atoms with E-state index in [2.05, 4.69) is 20.9 Å². The number of aryl methyl sites for hydroxylation is 1. The van der Waals surface area contributed by atoms with Crippen LogP contribution in [0.2, 0.25) is 0 Å². The molecular formula is C11H12BrN3S. The second-order valence-electron chi connectivity index (χ2n) is 3.63. The minimum atomic E-state index is -0.205. The molecule has 2 aromatic rings. The Bertz CT molecular complexity index is 510. The number of anilines is 1. The highest BCUT2D eigenvalue weighted by atomic mass is 79.9. The zero-order chi connectivity index (χ0) is 11.7. The molecule has 5 heteroatoms. The van der Waals surface area contributed by atoms with Crippen molar-refractivity contribution in [1.29, 1.82) is 0 Å². The van der Waals surface area contributed by atoms with E-state index in [-0.39, 0.29) is 6.04 Å². The van der Waals surface area contributed by atoms with Gasteiger partial charge in [-0.25, -0.2) is 4.98 Å². The van der Waals surface area contributed by atoms with Gasteiger partial charge in [-0.1, -0.05) is 0 Å². The normalized spacial score (nSPS) is 12.7. The number of hydrogen-bond acceptors (Lipinski definition) is 4. The molecule has 4 N–H and O–H groups in total. The fraction of sp³-hybridized carbons (Fsp3) is 0.182. The average Bonchev–Trinajstić information content (AvgIpc) is 2.67. The maximum absolute atomic E-state index is 6.17. The molecule has 3 nitrogen and oxygen atoms in total. The maximum Gasteiger partial charge on any atom is 0.128 e. The first-order valence-electron chi connectivity index (χ1n) is 4.79. The van der Waals surface area contributed by atoms with Gasteiger partial charge in [-0.05, 0) is 40.5 Å². The number of hydrogen-bond donors (Lipinski definition) is 2. The van der Waals surface area contributed by atoms with Crippen molar-refractivity contribution in [3.8, 4) is 0 Å². The minimum absolute atomic E-state index is 0.205. The van der Waals surface area contributed by atoms with E-state index in [1.807, 2.05) is 24.4 Å². The fourth-order valence-corrected chi connectivity index (χ4v) is 2.96. The molecular weight excluding hydrogens is 286 g/mol. The van der Waals surface area contributed by atoms with E-state index < -0.39 is 0 Å². The van der Waals surface area contributed by atoms with E-state index in [1.165, 1.54) is 0 Å². The summed E-state index contributed by atoms with van der Waals surface area (Å²) < 4.78 is 1.04. The third kappa shape index (κ3) is 2.26. The monoisotopic (exact) mass is 297 g/mol. The van der Waals surface area contributed by atoms with Crippen LogP contribution < -0.4 is 11.5 Å². The number of rotatable bonds is 2. The first-order chi connectivity index (χ1) is 7.58. The Labute approximate surface area is 107 Å². The standard InChI is InChI=1S/C11H12BrN3S/c1-6-2-8(11(14)15-4-6)10(13)9-3-7(12)5-16-9/h2-5,10H,13H2,1H3,(H2,14,15). The van der Waals surface area contributed by atoms with Crippen LogP contribution in [0.1, 0.15) is 22.0 Å². The Kier molecular flexibility index (Phi) is 3.28. The molecule has 84 valence electrons. The van der Waals surface area contributed by atoms with Crippen LogP contribution in [0.4, 0.5) is 5.82 Å². The summed E-state index contributed by atoms with van der Waals surface area (Å²) in [6, 6.07) is 3.79. The maximum atomic E-state index is 6.17. The molecule has 0 bridgehead atoms. The third-order valence-corrected chi connectivity index (χ3v) is 4.09. The average molecular weight is 298 g/mol. The predicted octanol–water partition coefficient (Wildman–Crippen LogP) is 2.84. The molecule has 0 aliphatic heterocycles. The molecule has 1 unspecified atom stereocenters. The van der Waals surface area contributed by atoms with Gasteiger partial charge in [0, 0.05) is 26.5 Å². The van der Waals surface area contributed by atoms with Crippen molar-refractivity contribution in [1.82, 2.24) is 4.98 Å². The smallest absolute Gasteiger partial charge is 0.128 e. The van der Waals surface area contributed by atoms with Gasteiger partial charge < -0.3 is 11.5 Å². The van der Waals surface area contributed by atoms with Crippen LogP contribution in [0.15, 0.2) is 28.2 Å². The second kappa shape index (κ2) is 4.53. The van der Waals surface area contributed by atoms with Gasteiger partial charge in [-0.3, -0.25) is 0 Å². The van der Waals surface area contributed by atoms with Crippen molar-refractivity contribution >= 4 is 33.1 Å². The molecule has 0 aliphatic carbocycles. The van der Waals surface area contributed by atoms with Crippen LogP contribution in [0, 0.1) is 6.92 Å². The van der Waals surface area contributed by atoms with Crippen molar-refractivity contribution in [3.63, 3.8) is 0 Å². The zero-order valence-corrected chi connectivity index (χ0v) is 11.2. The van der Waals surface area contributed by atoms with E-state index in [9.17, 15) is 0 Å². The lowest BCUT2D eigenvalue weighted by Gasteiger charge is -2.12. The summed E-state index contributed by atoms with van der Waals surface area (Å²) in [5, 5.41) is 2.01. The highest BCUT2D eigenvalue weighted by Crippen LogP contribution is 2.30. The minimum Gasteiger partial charge on any atom is -0.383 e. The summed E-state index contributed by atoms with van der Waals surface area (Å²) in [7, 11) is 0. The first kappa shape index (κ1) is 11.6. The highest BCUT2D eigenvalue weighted by molar-refractivity contribution is 9.10. The molecule has 0 spiro atoms. The van der Waals surface area contributed by atoms with Crippen LogP contribution in [-0.2, 0) is 0 Å². The molecule has 16 heavy (non-hydrogen) atoms. The second-order valence-corrected chi connectivity index (χ2v) is 5.49. The summed E-state index contributed by atoms with van der Waals surface area (Å²) in [5.74, 6) is 0.502. The van der Waals surface area contributed by atoms with Crippen molar-refractivity contribution in [2.24, 2.45) is 5.73 Å². The largest absolute Gasteiger partial charge is 0.383 e. The molecule has 1 atom stereocenters. The number of thiophene rings is 1. The van der Waals surface area contributed by atoms with Crippen LogP contribution >= 0.6 is 27.3 Å². The Morgan fingerprint density at radius 3 is 2.81 bits per heavy atom. The lowest BCUT2D eigenvalue weighted by atomic mass is 10.1. The molecule has 0 radical (unpaired) electrons. The Hall–Kier alpha value is -0.910. The molecule has 0 saturated carbocycles. The van der Waals surface area contributed by atoms with Crippen molar-refractivity contribution < 1.29 is 0 Å². The van der Waals surface area contributed by atoms with Gasteiger partial charge in [-0.2, -0.15) is 0 Å². The van der Waals surface area contributed by atoms with Crippen LogP contribution in [0.25, 0.3) is 0 Å². The lowest BCUT2D eigenvalue weighted by Crippen LogP contribution is -2.13. The number of aromatic nitrogens is 1. The number of nitrogen functional groups attached to an aromatic ring is 1. The Balaban J connectivity index is 2.40. The number of pyridine rings is 1. The number of nitrogens with zero attached hydrogens (tertiary/aromatic N) is 1. The van der Waals surface area contributed by atoms with Crippen LogP contribution in [0.5, 0.6) is 0 Å². The van der Waals surface area contributed by atoms with Crippen molar-refractivity contribution in [2.45, 2.75) is 13.0 Å². The van der Waals surface area contributed by atoms with Gasteiger partial charge in [-0.15, -0.1) is 11.3 Å². The van der Waals surface area contributed by atoms with Crippen LogP contribution in [0.3, 0.4) is 0 Å². The van der Waals surface area contributed by atoms with Crippen molar-refractivity contribution in [2.75, 3.05) is 5.73 Å². The molecule has 0 aliphatic rings. The SMILES string of the molecule is Cc1cnc(N)c(C(N)c2cc(Br)cs2)c1. The van der Waals surface area contributed by atoms with Crippen LogP contribution in [-0.4, -0.2) is 4.98 Å². The summed E-state index contributed by atoms with van der Waals surface area (Å²) in [6.07, 6.45) is 1.75. The van der Waals surface area contributed by atoms with E-state index in [0.717, 1.165) is 20.5 Å². The van der Waals surface area contributed by atoms with E-state index in [4.69, 9.17) is 11.5 Å².